The minimum atomic E-state index is -0.415. The highest BCUT2D eigenvalue weighted by molar-refractivity contribution is 5.90. The minimum Gasteiger partial charge on any atom is -0.493 e. The van der Waals surface area contributed by atoms with Gasteiger partial charge in [-0.25, -0.2) is 4.79 Å². The molecule has 0 aliphatic heterocycles. The standard InChI is InChI=1S/C13H19NO4/c1-8(7-14)10-5-9(13(15)18-4)6-11(16-2)12(10)17-3/h5-6,8H,7,14H2,1-4H3. The third-order valence-corrected chi connectivity index (χ3v) is 2.81. The fraction of sp³-hybridized carbons (Fsp3) is 0.462. The average molecular weight is 253 g/mol. The van der Waals surface area contributed by atoms with Crippen LogP contribution >= 0.6 is 0 Å². The van der Waals surface area contributed by atoms with Crippen molar-refractivity contribution in [2.24, 2.45) is 5.73 Å². The molecule has 0 heterocycles. The molecule has 0 spiro atoms. The zero-order valence-electron chi connectivity index (χ0n) is 11.1. The van der Waals surface area contributed by atoms with E-state index in [-0.39, 0.29) is 5.92 Å². The van der Waals surface area contributed by atoms with Crippen LogP contribution in [0, 0.1) is 0 Å². The van der Waals surface area contributed by atoms with E-state index in [2.05, 4.69) is 0 Å². The van der Waals surface area contributed by atoms with E-state index in [9.17, 15) is 4.79 Å². The van der Waals surface area contributed by atoms with Crippen molar-refractivity contribution in [3.8, 4) is 11.5 Å². The van der Waals surface area contributed by atoms with Crippen LogP contribution in [0.15, 0.2) is 12.1 Å². The van der Waals surface area contributed by atoms with Crippen LogP contribution in [0.25, 0.3) is 0 Å². The summed E-state index contributed by atoms with van der Waals surface area (Å²) in [5.41, 5.74) is 6.92. The lowest BCUT2D eigenvalue weighted by Crippen LogP contribution is -2.12. The zero-order valence-corrected chi connectivity index (χ0v) is 11.1. The first-order valence-corrected chi connectivity index (χ1v) is 5.63. The lowest BCUT2D eigenvalue weighted by Gasteiger charge is -2.18. The van der Waals surface area contributed by atoms with E-state index in [1.807, 2.05) is 6.92 Å². The van der Waals surface area contributed by atoms with E-state index >= 15 is 0 Å². The highest BCUT2D eigenvalue weighted by atomic mass is 16.5. The van der Waals surface area contributed by atoms with Crippen LogP contribution in [0.4, 0.5) is 0 Å². The first kappa shape index (κ1) is 14.3. The Balaban J connectivity index is 3.40. The molecule has 1 rings (SSSR count). The Kier molecular flexibility index (Phi) is 4.97. The smallest absolute Gasteiger partial charge is 0.337 e. The topological polar surface area (TPSA) is 70.8 Å². The van der Waals surface area contributed by atoms with E-state index in [0.29, 0.717) is 23.6 Å². The Labute approximate surface area is 107 Å². The normalized spacial score (nSPS) is 11.8. The second-order valence-electron chi connectivity index (χ2n) is 3.93. The fourth-order valence-electron chi connectivity index (χ4n) is 1.72. The number of hydrogen-bond acceptors (Lipinski definition) is 5. The number of hydrogen-bond donors (Lipinski definition) is 1. The predicted molar refractivity (Wildman–Crippen MR) is 68.4 cm³/mol. The highest BCUT2D eigenvalue weighted by Crippen LogP contribution is 2.36. The van der Waals surface area contributed by atoms with Crippen molar-refractivity contribution < 1.29 is 19.0 Å². The van der Waals surface area contributed by atoms with Crippen LogP contribution in [-0.4, -0.2) is 33.8 Å². The van der Waals surface area contributed by atoms with Crippen molar-refractivity contribution in [3.63, 3.8) is 0 Å². The van der Waals surface area contributed by atoms with Crippen LogP contribution in [-0.2, 0) is 4.74 Å². The van der Waals surface area contributed by atoms with Crippen molar-refractivity contribution >= 4 is 5.97 Å². The lowest BCUT2D eigenvalue weighted by atomic mass is 9.97. The van der Waals surface area contributed by atoms with Gasteiger partial charge in [-0.1, -0.05) is 6.92 Å². The molecule has 0 saturated carbocycles. The van der Waals surface area contributed by atoms with Gasteiger partial charge in [-0.05, 0) is 24.6 Å². The molecule has 1 unspecified atom stereocenters. The van der Waals surface area contributed by atoms with Crippen LogP contribution < -0.4 is 15.2 Å². The Morgan fingerprint density at radius 3 is 2.39 bits per heavy atom. The minimum absolute atomic E-state index is 0.0541. The molecule has 5 nitrogen and oxygen atoms in total. The molecule has 0 amide bonds. The number of ether oxygens (including phenoxy) is 3. The van der Waals surface area contributed by atoms with E-state index in [1.165, 1.54) is 14.2 Å². The van der Waals surface area contributed by atoms with Crippen molar-refractivity contribution in [3.05, 3.63) is 23.3 Å². The van der Waals surface area contributed by atoms with Crippen molar-refractivity contribution in [2.45, 2.75) is 12.8 Å². The Bertz CT molecular complexity index is 431. The van der Waals surface area contributed by atoms with Gasteiger partial charge in [0.2, 0.25) is 0 Å². The molecule has 100 valence electrons. The summed E-state index contributed by atoms with van der Waals surface area (Å²) in [6, 6.07) is 3.32. The van der Waals surface area contributed by atoms with Gasteiger partial charge in [0.15, 0.2) is 11.5 Å². The molecule has 1 aromatic carbocycles. The maximum atomic E-state index is 11.6. The molecule has 1 aromatic rings. The number of methoxy groups -OCH3 is 3. The summed E-state index contributed by atoms with van der Waals surface area (Å²) in [7, 11) is 4.42. The third kappa shape index (κ3) is 2.73. The quantitative estimate of drug-likeness (QED) is 0.806. The summed E-state index contributed by atoms with van der Waals surface area (Å²) < 4.78 is 15.3. The van der Waals surface area contributed by atoms with Crippen LogP contribution in [0.3, 0.4) is 0 Å². The van der Waals surface area contributed by atoms with Crippen molar-refractivity contribution in [1.82, 2.24) is 0 Å². The van der Waals surface area contributed by atoms with Crippen LogP contribution in [0.2, 0.25) is 0 Å². The summed E-state index contributed by atoms with van der Waals surface area (Å²) >= 11 is 0. The maximum Gasteiger partial charge on any atom is 0.337 e. The molecule has 2 N–H and O–H groups in total. The molecule has 18 heavy (non-hydrogen) atoms. The lowest BCUT2D eigenvalue weighted by molar-refractivity contribution is 0.0600. The van der Waals surface area contributed by atoms with Crippen molar-refractivity contribution in [1.29, 1.82) is 0 Å². The Morgan fingerprint density at radius 2 is 1.94 bits per heavy atom. The van der Waals surface area contributed by atoms with Gasteiger partial charge in [0.1, 0.15) is 0 Å². The molecule has 0 bridgehead atoms. The van der Waals surface area contributed by atoms with Crippen LogP contribution in [0.1, 0.15) is 28.8 Å². The van der Waals surface area contributed by atoms with Crippen LogP contribution in [0.5, 0.6) is 11.5 Å². The first-order chi connectivity index (χ1) is 8.58. The van der Waals surface area contributed by atoms with Gasteiger partial charge in [0.25, 0.3) is 0 Å². The number of rotatable bonds is 5. The largest absolute Gasteiger partial charge is 0.493 e. The molecule has 0 aliphatic carbocycles. The Morgan fingerprint density at radius 1 is 1.28 bits per heavy atom. The summed E-state index contributed by atoms with van der Waals surface area (Å²) in [4.78, 5) is 11.6. The summed E-state index contributed by atoms with van der Waals surface area (Å²) in [5, 5.41) is 0. The van der Waals surface area contributed by atoms with Gasteiger partial charge in [-0.2, -0.15) is 0 Å². The first-order valence-electron chi connectivity index (χ1n) is 5.63. The van der Waals surface area contributed by atoms with Gasteiger partial charge >= 0.3 is 5.97 Å². The predicted octanol–water partition coefficient (Wildman–Crippen LogP) is 1.55. The van der Waals surface area contributed by atoms with Gasteiger partial charge in [-0.3, -0.25) is 0 Å². The highest BCUT2D eigenvalue weighted by Gasteiger charge is 2.19. The molecule has 5 heteroatoms. The summed E-state index contributed by atoms with van der Waals surface area (Å²) in [6.07, 6.45) is 0. The molecule has 0 radical (unpaired) electrons. The van der Waals surface area contributed by atoms with Gasteiger partial charge in [0, 0.05) is 5.56 Å². The molecule has 0 fully saturated rings. The molecular weight excluding hydrogens is 234 g/mol. The van der Waals surface area contributed by atoms with E-state index in [4.69, 9.17) is 19.9 Å². The van der Waals surface area contributed by atoms with E-state index in [1.54, 1.807) is 19.2 Å². The van der Waals surface area contributed by atoms with E-state index in [0.717, 1.165) is 5.56 Å². The monoisotopic (exact) mass is 253 g/mol. The number of nitrogens with two attached hydrogens (primary N) is 1. The second kappa shape index (κ2) is 6.26. The average Bonchev–Trinajstić information content (AvgIpc) is 2.43. The summed E-state index contributed by atoms with van der Waals surface area (Å²) in [6.45, 7) is 2.41. The number of benzene rings is 1. The second-order valence-corrected chi connectivity index (χ2v) is 3.93. The fourth-order valence-corrected chi connectivity index (χ4v) is 1.72. The molecule has 0 aromatic heterocycles. The molecule has 1 atom stereocenters. The molecule has 0 aliphatic rings. The van der Waals surface area contributed by atoms with Gasteiger partial charge in [-0.15, -0.1) is 0 Å². The zero-order chi connectivity index (χ0) is 13.7. The number of esters is 1. The number of carbonyl (C=O) groups excluding carboxylic acids is 1. The van der Waals surface area contributed by atoms with Crippen molar-refractivity contribution in [2.75, 3.05) is 27.9 Å². The third-order valence-electron chi connectivity index (χ3n) is 2.81. The van der Waals surface area contributed by atoms with Gasteiger partial charge in [0.05, 0.1) is 26.9 Å². The SMILES string of the molecule is COC(=O)c1cc(OC)c(OC)c(C(C)CN)c1. The number of carbonyl (C=O) groups is 1. The summed E-state index contributed by atoms with van der Waals surface area (Å²) in [5.74, 6) is 0.735. The molecule has 0 saturated heterocycles. The molecular formula is C13H19NO4. The Hall–Kier alpha value is -1.75. The van der Waals surface area contributed by atoms with Gasteiger partial charge < -0.3 is 19.9 Å². The maximum absolute atomic E-state index is 11.6. The van der Waals surface area contributed by atoms with E-state index < -0.39 is 5.97 Å².